The number of sulfonamides is 1. The van der Waals surface area contributed by atoms with Gasteiger partial charge in [0, 0.05) is 12.2 Å². The summed E-state index contributed by atoms with van der Waals surface area (Å²) in [6.07, 6.45) is 0. The van der Waals surface area contributed by atoms with E-state index in [-0.39, 0.29) is 12.3 Å². The molecule has 0 heterocycles. The SMILES string of the molecule is Cc1ccc(C(=O)NCCS(N)(=O)=O)c(N)c1. The molecule has 0 radical (unpaired) electrons. The molecule has 0 saturated heterocycles. The van der Waals surface area contributed by atoms with Gasteiger partial charge in [-0.05, 0) is 24.6 Å². The Balaban J connectivity index is 2.65. The third-order valence-corrected chi connectivity index (χ3v) is 2.90. The average molecular weight is 257 g/mol. The van der Waals surface area contributed by atoms with Gasteiger partial charge in [-0.2, -0.15) is 0 Å². The quantitative estimate of drug-likeness (QED) is 0.636. The Morgan fingerprint density at radius 1 is 1.41 bits per heavy atom. The number of primary sulfonamides is 1. The van der Waals surface area contributed by atoms with Crippen LogP contribution in [-0.2, 0) is 10.0 Å². The van der Waals surface area contributed by atoms with Crippen LogP contribution < -0.4 is 16.2 Å². The first-order valence-electron chi connectivity index (χ1n) is 4.94. The van der Waals surface area contributed by atoms with Crippen molar-refractivity contribution in [2.45, 2.75) is 6.92 Å². The van der Waals surface area contributed by atoms with Gasteiger partial charge in [0.25, 0.3) is 5.91 Å². The lowest BCUT2D eigenvalue weighted by molar-refractivity contribution is 0.0957. The molecule has 0 unspecified atom stereocenters. The minimum atomic E-state index is -3.56. The van der Waals surface area contributed by atoms with Gasteiger partial charge in [-0.1, -0.05) is 6.07 Å². The van der Waals surface area contributed by atoms with E-state index in [1.807, 2.05) is 6.92 Å². The summed E-state index contributed by atoms with van der Waals surface area (Å²) in [5.41, 5.74) is 7.31. The summed E-state index contributed by atoms with van der Waals surface area (Å²) in [5.74, 6) is -0.712. The topological polar surface area (TPSA) is 115 Å². The summed E-state index contributed by atoms with van der Waals surface area (Å²) in [4.78, 5) is 11.6. The van der Waals surface area contributed by atoms with Gasteiger partial charge >= 0.3 is 0 Å². The number of nitrogens with one attached hydrogen (secondary N) is 1. The number of amides is 1. The normalized spacial score (nSPS) is 11.2. The molecule has 94 valence electrons. The van der Waals surface area contributed by atoms with Crippen LogP contribution in [0.1, 0.15) is 15.9 Å². The van der Waals surface area contributed by atoms with Gasteiger partial charge in [-0.3, -0.25) is 4.79 Å². The van der Waals surface area contributed by atoms with Crippen molar-refractivity contribution < 1.29 is 13.2 Å². The van der Waals surface area contributed by atoms with Crippen LogP contribution in [0.3, 0.4) is 0 Å². The second-order valence-electron chi connectivity index (χ2n) is 3.71. The summed E-state index contributed by atoms with van der Waals surface area (Å²) in [7, 11) is -3.56. The second kappa shape index (κ2) is 5.15. The summed E-state index contributed by atoms with van der Waals surface area (Å²) >= 11 is 0. The average Bonchev–Trinajstić information content (AvgIpc) is 2.15. The van der Waals surface area contributed by atoms with E-state index in [4.69, 9.17) is 10.9 Å². The van der Waals surface area contributed by atoms with Crippen LogP contribution >= 0.6 is 0 Å². The fourth-order valence-electron chi connectivity index (χ4n) is 1.29. The number of hydrogen-bond acceptors (Lipinski definition) is 4. The number of nitrogens with two attached hydrogens (primary N) is 2. The van der Waals surface area contributed by atoms with Gasteiger partial charge in [-0.15, -0.1) is 0 Å². The highest BCUT2D eigenvalue weighted by molar-refractivity contribution is 7.89. The van der Waals surface area contributed by atoms with Crippen molar-refractivity contribution in [3.8, 4) is 0 Å². The van der Waals surface area contributed by atoms with E-state index < -0.39 is 15.9 Å². The number of anilines is 1. The molecule has 17 heavy (non-hydrogen) atoms. The molecule has 1 aromatic carbocycles. The lowest BCUT2D eigenvalue weighted by Gasteiger charge is -2.07. The fraction of sp³-hybridized carbons (Fsp3) is 0.300. The van der Waals surface area contributed by atoms with Crippen molar-refractivity contribution in [2.75, 3.05) is 18.0 Å². The fourth-order valence-corrected chi connectivity index (χ4v) is 1.68. The van der Waals surface area contributed by atoms with Gasteiger partial charge in [0.15, 0.2) is 0 Å². The maximum Gasteiger partial charge on any atom is 0.253 e. The molecular formula is C10H15N3O3S. The first-order valence-corrected chi connectivity index (χ1v) is 6.66. The minimum absolute atomic E-state index is 0.0367. The molecule has 1 amide bonds. The molecule has 0 aliphatic heterocycles. The summed E-state index contributed by atoms with van der Waals surface area (Å²) in [6.45, 7) is 1.82. The smallest absolute Gasteiger partial charge is 0.253 e. The van der Waals surface area contributed by atoms with Crippen LogP contribution in [0.25, 0.3) is 0 Å². The highest BCUT2D eigenvalue weighted by atomic mass is 32.2. The van der Waals surface area contributed by atoms with E-state index in [9.17, 15) is 13.2 Å². The highest BCUT2D eigenvalue weighted by Crippen LogP contribution is 2.13. The lowest BCUT2D eigenvalue weighted by atomic mass is 10.1. The first-order chi connectivity index (χ1) is 7.79. The van der Waals surface area contributed by atoms with Crippen LogP contribution in [0.5, 0.6) is 0 Å². The van der Waals surface area contributed by atoms with E-state index in [2.05, 4.69) is 5.32 Å². The third-order valence-electron chi connectivity index (χ3n) is 2.12. The monoisotopic (exact) mass is 257 g/mol. The molecule has 0 atom stereocenters. The number of hydrogen-bond donors (Lipinski definition) is 3. The predicted octanol–water partition coefficient (Wildman–Crippen LogP) is -0.404. The van der Waals surface area contributed by atoms with E-state index in [0.29, 0.717) is 11.3 Å². The van der Waals surface area contributed by atoms with Gasteiger partial charge in [0.1, 0.15) is 0 Å². The molecule has 6 nitrogen and oxygen atoms in total. The molecule has 5 N–H and O–H groups in total. The Bertz CT molecular complexity index is 526. The number of carbonyl (C=O) groups excluding carboxylic acids is 1. The summed E-state index contributed by atoms with van der Waals surface area (Å²) < 4.78 is 21.3. The van der Waals surface area contributed by atoms with Crippen LogP contribution in [-0.4, -0.2) is 26.6 Å². The number of benzene rings is 1. The molecule has 0 spiro atoms. The zero-order valence-corrected chi connectivity index (χ0v) is 10.3. The summed E-state index contributed by atoms with van der Waals surface area (Å²) in [6, 6.07) is 5.02. The number of nitrogen functional groups attached to an aromatic ring is 1. The Morgan fingerprint density at radius 2 is 2.06 bits per heavy atom. The molecule has 1 aromatic rings. The van der Waals surface area contributed by atoms with Crippen LogP contribution in [0, 0.1) is 6.92 Å². The van der Waals surface area contributed by atoms with E-state index in [0.717, 1.165) is 5.56 Å². The van der Waals surface area contributed by atoms with Crippen molar-refractivity contribution in [3.63, 3.8) is 0 Å². The van der Waals surface area contributed by atoms with Crippen molar-refractivity contribution in [3.05, 3.63) is 29.3 Å². The number of carbonyl (C=O) groups is 1. The van der Waals surface area contributed by atoms with Gasteiger partial charge in [0.05, 0.1) is 11.3 Å². The van der Waals surface area contributed by atoms with Crippen molar-refractivity contribution >= 4 is 21.6 Å². The van der Waals surface area contributed by atoms with Gasteiger partial charge in [0.2, 0.25) is 10.0 Å². The van der Waals surface area contributed by atoms with Crippen molar-refractivity contribution in [1.82, 2.24) is 5.32 Å². The molecule has 0 fully saturated rings. The van der Waals surface area contributed by atoms with Crippen LogP contribution in [0.4, 0.5) is 5.69 Å². The van der Waals surface area contributed by atoms with Gasteiger partial charge in [-0.25, -0.2) is 13.6 Å². The Hall–Kier alpha value is -1.60. The minimum Gasteiger partial charge on any atom is -0.398 e. The molecule has 0 aliphatic rings. The van der Waals surface area contributed by atoms with Crippen molar-refractivity contribution in [1.29, 1.82) is 0 Å². The zero-order chi connectivity index (χ0) is 13.1. The molecule has 0 aliphatic carbocycles. The van der Waals surface area contributed by atoms with Crippen LogP contribution in [0.15, 0.2) is 18.2 Å². The molecular weight excluding hydrogens is 242 g/mol. The predicted molar refractivity (Wildman–Crippen MR) is 65.9 cm³/mol. The Labute approximate surface area is 100 Å². The highest BCUT2D eigenvalue weighted by Gasteiger charge is 2.10. The molecule has 1 rings (SSSR count). The van der Waals surface area contributed by atoms with E-state index >= 15 is 0 Å². The maximum absolute atomic E-state index is 11.6. The van der Waals surface area contributed by atoms with Crippen LogP contribution in [0.2, 0.25) is 0 Å². The largest absolute Gasteiger partial charge is 0.398 e. The molecule has 0 saturated carbocycles. The first kappa shape index (κ1) is 13.5. The second-order valence-corrected chi connectivity index (χ2v) is 5.45. The van der Waals surface area contributed by atoms with Crippen molar-refractivity contribution in [2.24, 2.45) is 5.14 Å². The standard InChI is InChI=1S/C10H15N3O3S/c1-7-2-3-8(9(11)6-7)10(14)13-4-5-17(12,15)16/h2-3,6H,4-5,11H2,1H3,(H,13,14)(H2,12,15,16). The maximum atomic E-state index is 11.6. The Morgan fingerprint density at radius 3 is 2.59 bits per heavy atom. The van der Waals surface area contributed by atoms with E-state index in [1.54, 1.807) is 18.2 Å². The Kier molecular flexibility index (Phi) is 4.08. The zero-order valence-electron chi connectivity index (χ0n) is 9.43. The van der Waals surface area contributed by atoms with E-state index in [1.165, 1.54) is 0 Å². The third kappa shape index (κ3) is 4.41. The summed E-state index contributed by atoms with van der Waals surface area (Å²) in [5, 5.41) is 7.24. The van der Waals surface area contributed by atoms with Gasteiger partial charge < -0.3 is 11.1 Å². The number of rotatable bonds is 4. The molecule has 0 aromatic heterocycles. The lowest BCUT2D eigenvalue weighted by Crippen LogP contribution is -2.31. The molecule has 7 heteroatoms. The number of aryl methyl sites for hydroxylation is 1. The molecule has 0 bridgehead atoms.